The van der Waals surface area contributed by atoms with Crippen LogP contribution in [0, 0.1) is 0 Å². The molecule has 0 atom stereocenters. The molecule has 0 bridgehead atoms. The smallest absolute Gasteiger partial charge is 0.0700 e. The summed E-state index contributed by atoms with van der Waals surface area (Å²) in [6, 6.07) is 0. The van der Waals surface area contributed by atoms with E-state index in [1.807, 2.05) is 0 Å². The summed E-state index contributed by atoms with van der Waals surface area (Å²) < 4.78 is 10.3. The van der Waals surface area contributed by atoms with Gasteiger partial charge in [0.15, 0.2) is 0 Å². The van der Waals surface area contributed by atoms with E-state index in [2.05, 4.69) is 10.1 Å². The van der Waals surface area contributed by atoms with Crippen LogP contribution in [0.5, 0.6) is 0 Å². The second kappa shape index (κ2) is 8.50. The quantitative estimate of drug-likeness (QED) is 0.402. The minimum absolute atomic E-state index is 0.667. The maximum Gasteiger partial charge on any atom is 0.0700 e. The lowest BCUT2D eigenvalue weighted by molar-refractivity contribution is 0.0651. The van der Waals surface area contributed by atoms with Crippen LogP contribution in [0.4, 0.5) is 0 Å². The Morgan fingerprint density at radius 2 is 2.00 bits per heavy atom. The molecule has 0 radical (unpaired) electrons. The number of likely N-dealkylation sites (tertiary alicyclic amines) is 1. The lowest BCUT2D eigenvalue weighted by Crippen LogP contribution is -2.35. The van der Waals surface area contributed by atoms with Crippen molar-refractivity contribution < 1.29 is 14.7 Å². The largest absolute Gasteiger partial charge is 0.411 e. The molecular weight excluding hydrogens is 208 g/mol. The van der Waals surface area contributed by atoms with E-state index < -0.39 is 0 Å². The Hall–Kier alpha value is -0.650. The number of rotatable bonds is 7. The van der Waals surface area contributed by atoms with Crippen molar-refractivity contribution in [3.05, 3.63) is 0 Å². The number of ether oxygens (including phenoxy) is 2. The van der Waals surface area contributed by atoms with Crippen molar-refractivity contribution in [1.29, 1.82) is 0 Å². The molecule has 0 aromatic heterocycles. The summed E-state index contributed by atoms with van der Waals surface area (Å²) in [6.07, 6.45) is 2.83. The van der Waals surface area contributed by atoms with Crippen LogP contribution in [0.25, 0.3) is 0 Å². The molecule has 1 aliphatic heterocycles. The van der Waals surface area contributed by atoms with Gasteiger partial charge in [0.1, 0.15) is 0 Å². The molecule has 0 unspecified atom stereocenters. The maximum absolute atomic E-state index is 8.61. The van der Waals surface area contributed by atoms with Crippen molar-refractivity contribution in [2.75, 3.05) is 46.6 Å². The Bertz CT molecular complexity index is 199. The lowest BCUT2D eigenvalue weighted by atomic mass is 10.1. The van der Waals surface area contributed by atoms with Crippen LogP contribution in [0.3, 0.4) is 0 Å². The fraction of sp³-hybridized carbons (Fsp3) is 0.909. The van der Waals surface area contributed by atoms with Crippen molar-refractivity contribution in [2.45, 2.75) is 19.3 Å². The molecule has 1 saturated heterocycles. The SMILES string of the molecule is COCCOCCCN1CCC(=NO)CC1. The number of hydrogen-bond donors (Lipinski definition) is 1. The first-order valence-electron chi connectivity index (χ1n) is 5.85. The van der Waals surface area contributed by atoms with Crippen LogP contribution >= 0.6 is 0 Å². The average molecular weight is 230 g/mol. The van der Waals surface area contributed by atoms with E-state index in [1.54, 1.807) is 7.11 Å². The summed E-state index contributed by atoms with van der Waals surface area (Å²) in [5, 5.41) is 11.9. The highest BCUT2D eigenvalue weighted by Gasteiger charge is 2.14. The van der Waals surface area contributed by atoms with Gasteiger partial charge in [0, 0.05) is 46.2 Å². The van der Waals surface area contributed by atoms with Crippen LogP contribution in [-0.2, 0) is 9.47 Å². The second-order valence-electron chi connectivity index (χ2n) is 3.97. The standard InChI is InChI=1S/C11H22N2O3/c1-15-9-10-16-8-2-5-13-6-3-11(12-14)4-7-13/h14H,2-10H2,1H3. The number of nitrogens with zero attached hydrogens (tertiary/aromatic N) is 2. The van der Waals surface area contributed by atoms with Crippen LogP contribution in [-0.4, -0.2) is 62.4 Å². The fourth-order valence-electron chi connectivity index (χ4n) is 1.77. The fourth-order valence-corrected chi connectivity index (χ4v) is 1.77. The first-order valence-corrected chi connectivity index (χ1v) is 5.85. The van der Waals surface area contributed by atoms with E-state index in [4.69, 9.17) is 14.7 Å². The minimum Gasteiger partial charge on any atom is -0.411 e. The minimum atomic E-state index is 0.667. The van der Waals surface area contributed by atoms with E-state index >= 15 is 0 Å². The highest BCUT2D eigenvalue weighted by molar-refractivity contribution is 5.84. The molecule has 1 fully saturated rings. The van der Waals surface area contributed by atoms with Crippen molar-refractivity contribution in [1.82, 2.24) is 4.90 Å². The lowest BCUT2D eigenvalue weighted by Gasteiger charge is -2.26. The van der Waals surface area contributed by atoms with Crippen LogP contribution in [0.1, 0.15) is 19.3 Å². The number of piperidine rings is 1. The molecule has 5 heteroatoms. The zero-order chi connectivity index (χ0) is 11.6. The van der Waals surface area contributed by atoms with Crippen molar-refractivity contribution in [2.24, 2.45) is 5.16 Å². The van der Waals surface area contributed by atoms with Crippen molar-refractivity contribution in [3.63, 3.8) is 0 Å². The third kappa shape index (κ3) is 5.44. The molecule has 1 rings (SSSR count). The normalized spacial score (nSPS) is 17.7. The summed E-state index contributed by atoms with van der Waals surface area (Å²) in [5.74, 6) is 0. The van der Waals surface area contributed by atoms with Gasteiger partial charge in [0.25, 0.3) is 0 Å². The van der Waals surface area contributed by atoms with Gasteiger partial charge < -0.3 is 19.6 Å². The van der Waals surface area contributed by atoms with Crippen molar-refractivity contribution >= 4 is 5.71 Å². The Kier molecular flexibility index (Phi) is 7.12. The van der Waals surface area contributed by atoms with Crippen LogP contribution in [0.2, 0.25) is 0 Å². The molecule has 0 aromatic rings. The first-order chi connectivity index (χ1) is 7.86. The third-order valence-electron chi connectivity index (χ3n) is 2.77. The van der Waals surface area contributed by atoms with Gasteiger partial charge in [-0.05, 0) is 6.42 Å². The van der Waals surface area contributed by atoms with E-state index in [1.165, 1.54) is 0 Å². The van der Waals surface area contributed by atoms with Crippen LogP contribution < -0.4 is 0 Å². The van der Waals surface area contributed by atoms with Gasteiger partial charge in [0.2, 0.25) is 0 Å². The summed E-state index contributed by atoms with van der Waals surface area (Å²) in [4.78, 5) is 2.38. The Morgan fingerprint density at radius 1 is 1.25 bits per heavy atom. The second-order valence-corrected chi connectivity index (χ2v) is 3.97. The summed E-state index contributed by atoms with van der Waals surface area (Å²) >= 11 is 0. The highest BCUT2D eigenvalue weighted by Crippen LogP contribution is 2.07. The van der Waals surface area contributed by atoms with Gasteiger partial charge in [-0.25, -0.2) is 0 Å². The Balaban J connectivity index is 1.94. The van der Waals surface area contributed by atoms with Gasteiger partial charge >= 0.3 is 0 Å². The number of hydrogen-bond acceptors (Lipinski definition) is 5. The van der Waals surface area contributed by atoms with Gasteiger partial charge in [-0.2, -0.15) is 0 Å². The number of methoxy groups -OCH3 is 1. The van der Waals surface area contributed by atoms with E-state index in [0.717, 1.165) is 51.2 Å². The average Bonchev–Trinajstić information content (AvgIpc) is 2.34. The highest BCUT2D eigenvalue weighted by atomic mass is 16.5. The maximum atomic E-state index is 8.61. The summed E-state index contributed by atoms with van der Waals surface area (Å²) in [7, 11) is 1.68. The molecule has 1 aliphatic rings. The van der Waals surface area contributed by atoms with E-state index in [-0.39, 0.29) is 0 Å². The van der Waals surface area contributed by atoms with E-state index in [0.29, 0.717) is 13.2 Å². The molecule has 16 heavy (non-hydrogen) atoms. The molecule has 1 N–H and O–H groups in total. The topological polar surface area (TPSA) is 54.3 Å². The molecule has 0 aliphatic carbocycles. The molecule has 0 amide bonds. The Morgan fingerprint density at radius 3 is 2.62 bits per heavy atom. The number of oxime groups is 1. The van der Waals surface area contributed by atoms with Crippen LogP contribution in [0.15, 0.2) is 5.16 Å². The van der Waals surface area contributed by atoms with Gasteiger partial charge in [-0.15, -0.1) is 0 Å². The molecule has 94 valence electrons. The monoisotopic (exact) mass is 230 g/mol. The zero-order valence-corrected chi connectivity index (χ0v) is 10.0. The predicted molar refractivity (Wildman–Crippen MR) is 62.2 cm³/mol. The molecular formula is C11H22N2O3. The Labute approximate surface area is 97.0 Å². The molecule has 5 nitrogen and oxygen atoms in total. The first kappa shape index (κ1) is 13.4. The molecule has 0 aromatic carbocycles. The van der Waals surface area contributed by atoms with Crippen molar-refractivity contribution in [3.8, 4) is 0 Å². The van der Waals surface area contributed by atoms with Gasteiger partial charge in [-0.3, -0.25) is 0 Å². The summed E-state index contributed by atoms with van der Waals surface area (Å²) in [5.41, 5.74) is 0.924. The summed E-state index contributed by atoms with van der Waals surface area (Å²) in [6.45, 7) is 5.19. The third-order valence-corrected chi connectivity index (χ3v) is 2.77. The zero-order valence-electron chi connectivity index (χ0n) is 10.0. The predicted octanol–water partition coefficient (Wildman–Crippen LogP) is 0.965. The van der Waals surface area contributed by atoms with Gasteiger partial charge in [-0.1, -0.05) is 5.16 Å². The molecule has 0 spiro atoms. The van der Waals surface area contributed by atoms with E-state index in [9.17, 15) is 0 Å². The molecule has 1 heterocycles. The molecule has 0 saturated carbocycles. The van der Waals surface area contributed by atoms with Gasteiger partial charge in [0.05, 0.1) is 18.9 Å².